The number of aliphatic hydroxyl groups excluding tert-OH is 4. The molecular formula is C16H36BrO4P. The molecule has 4 N–H and O–H groups in total. The van der Waals surface area contributed by atoms with E-state index in [0.717, 1.165) is 25.7 Å². The minimum Gasteiger partial charge on any atom is -1.00 e. The van der Waals surface area contributed by atoms with Crippen LogP contribution < -0.4 is 17.0 Å². The highest BCUT2D eigenvalue weighted by Gasteiger charge is 2.61. The van der Waals surface area contributed by atoms with Gasteiger partial charge in [0.2, 0.25) is 0 Å². The number of rotatable bonds is 12. The van der Waals surface area contributed by atoms with E-state index >= 15 is 0 Å². The van der Waals surface area contributed by atoms with E-state index in [1.165, 1.54) is 0 Å². The Morgan fingerprint density at radius 1 is 0.545 bits per heavy atom. The summed E-state index contributed by atoms with van der Waals surface area (Å²) in [5.74, 6) is -3.14. The fraction of sp³-hybridized carbons (Fsp3) is 1.00. The molecule has 0 saturated heterocycles. The number of hydrogen-bond donors (Lipinski definition) is 4. The van der Waals surface area contributed by atoms with Crippen molar-refractivity contribution in [2.75, 3.05) is 0 Å². The van der Waals surface area contributed by atoms with Crippen LogP contribution in [-0.2, 0) is 0 Å². The molecule has 0 aromatic carbocycles. The molecule has 0 spiro atoms. The average Bonchev–Trinajstić information content (AvgIpc) is 2.40. The van der Waals surface area contributed by atoms with E-state index in [9.17, 15) is 20.4 Å². The number of halogens is 1. The van der Waals surface area contributed by atoms with E-state index in [0.29, 0.717) is 25.7 Å². The first-order chi connectivity index (χ1) is 9.93. The molecule has 4 atom stereocenters. The Bertz CT molecular complexity index is 215. The smallest absolute Gasteiger partial charge is 0.172 e. The SMILES string of the molecule is CCCC(O)[P+](C(O)CCC)(C(O)CCC)C(O)CCC.[Br-]. The molecule has 0 aromatic heterocycles. The predicted octanol–water partition coefficient (Wildman–Crippen LogP) is 0.482. The Kier molecular flexibility index (Phi) is 14.9. The van der Waals surface area contributed by atoms with Crippen LogP contribution in [0.15, 0.2) is 0 Å². The van der Waals surface area contributed by atoms with Crippen LogP contribution in [0.3, 0.4) is 0 Å². The van der Waals surface area contributed by atoms with Gasteiger partial charge in [0.05, 0.1) is 0 Å². The molecule has 0 aromatic rings. The van der Waals surface area contributed by atoms with Gasteiger partial charge in [0.1, 0.15) is 7.26 Å². The highest BCUT2D eigenvalue weighted by molar-refractivity contribution is 7.77. The van der Waals surface area contributed by atoms with Gasteiger partial charge in [0, 0.05) is 25.7 Å². The number of hydrogen-bond acceptors (Lipinski definition) is 4. The molecule has 0 radical (unpaired) electrons. The standard InChI is InChI=1S/C16H36O4P.BrH/c1-5-9-13(17)21(14(18)10-6-2,15(19)11-7-3)16(20)12-8-4;/h13-20H,5-12H2,1-4H3;1H/q+1;/p-1. The van der Waals surface area contributed by atoms with E-state index in [-0.39, 0.29) is 17.0 Å². The fourth-order valence-electron chi connectivity index (χ4n) is 3.12. The van der Waals surface area contributed by atoms with Gasteiger partial charge in [-0.15, -0.1) is 0 Å². The molecule has 0 bridgehead atoms. The number of aliphatic hydroxyl groups is 4. The summed E-state index contributed by atoms with van der Waals surface area (Å²) in [6.07, 6.45) is 5.20. The maximum absolute atomic E-state index is 10.7. The van der Waals surface area contributed by atoms with Gasteiger partial charge in [-0.2, -0.15) is 0 Å². The van der Waals surface area contributed by atoms with Gasteiger partial charge < -0.3 is 37.4 Å². The van der Waals surface area contributed by atoms with Gasteiger partial charge in [0.15, 0.2) is 23.4 Å². The van der Waals surface area contributed by atoms with Crippen molar-refractivity contribution < 1.29 is 37.4 Å². The molecule has 136 valence electrons. The van der Waals surface area contributed by atoms with E-state index < -0.39 is 30.6 Å². The van der Waals surface area contributed by atoms with Crippen LogP contribution in [-0.4, -0.2) is 43.8 Å². The van der Waals surface area contributed by atoms with Crippen molar-refractivity contribution in [3.05, 3.63) is 0 Å². The second kappa shape index (κ2) is 13.1. The predicted molar refractivity (Wildman–Crippen MR) is 90.6 cm³/mol. The lowest BCUT2D eigenvalue weighted by Crippen LogP contribution is -3.00. The van der Waals surface area contributed by atoms with Gasteiger partial charge in [-0.3, -0.25) is 0 Å². The first-order valence-electron chi connectivity index (χ1n) is 8.53. The van der Waals surface area contributed by atoms with Crippen LogP contribution in [0, 0.1) is 0 Å². The summed E-state index contributed by atoms with van der Waals surface area (Å²) in [7, 11) is -2.70. The molecule has 0 aliphatic carbocycles. The van der Waals surface area contributed by atoms with Gasteiger partial charge >= 0.3 is 0 Å². The molecule has 0 fully saturated rings. The van der Waals surface area contributed by atoms with E-state index in [2.05, 4.69) is 0 Å². The molecule has 6 heteroatoms. The normalized spacial score (nSPS) is 19.6. The molecule has 0 saturated carbocycles. The molecule has 0 aliphatic heterocycles. The lowest BCUT2D eigenvalue weighted by molar-refractivity contribution is -0.0000126. The van der Waals surface area contributed by atoms with Crippen LogP contribution >= 0.6 is 7.26 Å². The van der Waals surface area contributed by atoms with Gasteiger partial charge in [-0.1, -0.05) is 53.4 Å². The lowest BCUT2D eigenvalue weighted by Gasteiger charge is -2.41. The minimum absolute atomic E-state index is 0. The van der Waals surface area contributed by atoms with Crippen molar-refractivity contribution in [1.82, 2.24) is 0 Å². The van der Waals surface area contributed by atoms with Crippen molar-refractivity contribution in [3.8, 4) is 0 Å². The monoisotopic (exact) mass is 402 g/mol. The summed E-state index contributed by atoms with van der Waals surface area (Å²) in [6.45, 7) is 7.90. The Labute approximate surface area is 147 Å². The zero-order valence-corrected chi connectivity index (χ0v) is 17.1. The minimum atomic E-state index is -2.70. The van der Waals surface area contributed by atoms with Crippen molar-refractivity contribution in [1.29, 1.82) is 0 Å². The maximum Gasteiger partial charge on any atom is 0.172 e. The van der Waals surface area contributed by atoms with E-state index in [4.69, 9.17) is 0 Å². The second-order valence-electron chi connectivity index (χ2n) is 5.97. The summed E-state index contributed by atoms with van der Waals surface area (Å²) in [4.78, 5) is 0. The molecular weight excluding hydrogens is 367 g/mol. The first kappa shape index (κ1) is 25.0. The van der Waals surface area contributed by atoms with Gasteiger partial charge in [-0.05, 0) is 0 Å². The van der Waals surface area contributed by atoms with Crippen LogP contribution in [0.25, 0.3) is 0 Å². The topological polar surface area (TPSA) is 80.9 Å². The maximum atomic E-state index is 10.7. The molecule has 0 aliphatic rings. The first-order valence-corrected chi connectivity index (χ1v) is 10.6. The van der Waals surface area contributed by atoms with Crippen molar-refractivity contribution in [2.45, 2.75) is 102 Å². The Hall–Kier alpha value is 0.750. The van der Waals surface area contributed by atoms with Crippen molar-refractivity contribution in [3.63, 3.8) is 0 Å². The molecule has 22 heavy (non-hydrogen) atoms. The lowest BCUT2D eigenvalue weighted by atomic mass is 10.3. The molecule has 0 heterocycles. The molecule has 4 nitrogen and oxygen atoms in total. The van der Waals surface area contributed by atoms with Crippen LogP contribution in [0.4, 0.5) is 0 Å². The molecule has 0 amide bonds. The van der Waals surface area contributed by atoms with Crippen LogP contribution in [0.2, 0.25) is 0 Å². The summed E-state index contributed by atoms with van der Waals surface area (Å²) in [5, 5.41) is 42.9. The van der Waals surface area contributed by atoms with Gasteiger partial charge in [-0.25, -0.2) is 0 Å². The third-order valence-electron chi connectivity index (χ3n) is 4.25. The summed E-state index contributed by atoms with van der Waals surface area (Å²) in [6, 6.07) is 0. The fourth-order valence-corrected chi connectivity index (χ4v) is 8.32. The Morgan fingerprint density at radius 3 is 0.864 bits per heavy atom. The summed E-state index contributed by atoms with van der Waals surface area (Å²) >= 11 is 0. The zero-order chi connectivity index (χ0) is 16.5. The summed E-state index contributed by atoms with van der Waals surface area (Å²) < 4.78 is 0. The van der Waals surface area contributed by atoms with Crippen molar-refractivity contribution in [2.24, 2.45) is 0 Å². The molecule has 0 rings (SSSR count). The Morgan fingerprint density at radius 2 is 0.727 bits per heavy atom. The average molecular weight is 403 g/mol. The van der Waals surface area contributed by atoms with Crippen LogP contribution in [0.5, 0.6) is 0 Å². The highest BCUT2D eigenvalue weighted by atomic mass is 79.9. The Balaban J connectivity index is 0. The third-order valence-corrected chi connectivity index (χ3v) is 9.42. The quantitative estimate of drug-likeness (QED) is 0.358. The van der Waals surface area contributed by atoms with Gasteiger partial charge in [0.25, 0.3) is 0 Å². The third kappa shape index (κ3) is 5.99. The summed E-state index contributed by atoms with van der Waals surface area (Å²) in [5.41, 5.74) is 0. The molecule has 4 unspecified atom stereocenters. The van der Waals surface area contributed by atoms with E-state index in [1.807, 2.05) is 27.7 Å². The highest BCUT2D eigenvalue weighted by Crippen LogP contribution is 2.74. The van der Waals surface area contributed by atoms with Crippen LogP contribution in [0.1, 0.15) is 79.1 Å². The second-order valence-corrected chi connectivity index (χ2v) is 10.1. The zero-order valence-electron chi connectivity index (χ0n) is 14.6. The largest absolute Gasteiger partial charge is 1.00 e. The van der Waals surface area contributed by atoms with Crippen molar-refractivity contribution >= 4 is 7.26 Å². The van der Waals surface area contributed by atoms with E-state index in [1.54, 1.807) is 0 Å².